The van der Waals surface area contributed by atoms with E-state index in [9.17, 15) is 13.6 Å². The lowest BCUT2D eigenvalue weighted by molar-refractivity contribution is -0.120. The summed E-state index contributed by atoms with van der Waals surface area (Å²) in [6, 6.07) is 14.1. The fraction of sp³-hybridized carbons (Fsp3) is 0.217. The molecule has 10 heteroatoms. The second-order valence-corrected chi connectivity index (χ2v) is 8.30. The number of carbonyl (C=O) groups excluding carboxylic acids is 1. The van der Waals surface area contributed by atoms with Crippen molar-refractivity contribution in [3.05, 3.63) is 71.3 Å². The maximum absolute atomic E-state index is 13.8. The number of hydrogen-bond donors (Lipinski definition) is 1. The quantitative estimate of drug-likeness (QED) is 0.474. The van der Waals surface area contributed by atoms with Crippen molar-refractivity contribution in [2.75, 3.05) is 23.3 Å². The first-order valence-corrected chi connectivity index (χ1v) is 10.8. The monoisotopic (exact) mass is 468 g/mol. The Hall–Kier alpha value is -3.59. The van der Waals surface area contributed by atoms with Crippen molar-refractivity contribution in [3.63, 3.8) is 0 Å². The van der Waals surface area contributed by atoms with Gasteiger partial charge in [-0.2, -0.15) is 4.52 Å². The first-order valence-electron chi connectivity index (χ1n) is 10.5. The van der Waals surface area contributed by atoms with Crippen LogP contribution in [0.1, 0.15) is 12.8 Å². The van der Waals surface area contributed by atoms with Crippen LogP contribution in [0, 0.1) is 17.6 Å². The van der Waals surface area contributed by atoms with Crippen molar-refractivity contribution < 1.29 is 13.6 Å². The number of anilines is 2. The van der Waals surface area contributed by atoms with E-state index in [1.165, 1.54) is 6.07 Å². The summed E-state index contributed by atoms with van der Waals surface area (Å²) >= 11 is 5.98. The van der Waals surface area contributed by atoms with Gasteiger partial charge in [-0.15, -0.1) is 15.3 Å². The molecule has 0 aliphatic carbocycles. The van der Waals surface area contributed by atoms with Gasteiger partial charge in [-0.1, -0.05) is 11.6 Å². The molecule has 1 amide bonds. The normalized spacial score (nSPS) is 14.6. The predicted molar refractivity (Wildman–Crippen MR) is 121 cm³/mol. The summed E-state index contributed by atoms with van der Waals surface area (Å²) in [5.74, 6) is -0.652. The molecule has 0 bridgehead atoms. The highest BCUT2D eigenvalue weighted by Crippen LogP contribution is 2.26. The van der Waals surface area contributed by atoms with Crippen molar-refractivity contribution in [3.8, 4) is 11.4 Å². The molecule has 0 unspecified atom stereocenters. The lowest BCUT2D eigenvalue weighted by Gasteiger charge is -2.32. The number of aromatic nitrogens is 4. The molecule has 1 N–H and O–H groups in total. The van der Waals surface area contributed by atoms with Gasteiger partial charge in [0, 0.05) is 35.7 Å². The van der Waals surface area contributed by atoms with Crippen LogP contribution in [-0.4, -0.2) is 38.8 Å². The van der Waals surface area contributed by atoms with Gasteiger partial charge in [0.1, 0.15) is 17.5 Å². The number of halogens is 3. The largest absolute Gasteiger partial charge is 0.355 e. The third-order valence-corrected chi connectivity index (χ3v) is 5.98. The molecule has 33 heavy (non-hydrogen) atoms. The maximum atomic E-state index is 13.8. The topological polar surface area (TPSA) is 75.4 Å². The van der Waals surface area contributed by atoms with Gasteiger partial charge in [-0.05, 0) is 61.4 Å². The van der Waals surface area contributed by atoms with Gasteiger partial charge in [-0.25, -0.2) is 8.78 Å². The molecule has 2 aromatic heterocycles. The molecule has 1 fully saturated rings. The fourth-order valence-electron chi connectivity index (χ4n) is 3.92. The molecule has 1 aliphatic heterocycles. The smallest absolute Gasteiger partial charge is 0.227 e. The van der Waals surface area contributed by atoms with E-state index in [4.69, 9.17) is 16.7 Å². The zero-order valence-corrected chi connectivity index (χ0v) is 18.1. The molecule has 0 atom stereocenters. The number of carbonyl (C=O) groups is 1. The lowest BCUT2D eigenvalue weighted by Crippen LogP contribution is -2.38. The number of rotatable bonds is 4. The van der Waals surface area contributed by atoms with Crippen molar-refractivity contribution >= 4 is 34.7 Å². The Morgan fingerprint density at radius 3 is 2.48 bits per heavy atom. The highest BCUT2D eigenvalue weighted by atomic mass is 35.5. The highest BCUT2D eigenvalue weighted by Gasteiger charge is 2.26. The van der Waals surface area contributed by atoms with Gasteiger partial charge < -0.3 is 10.2 Å². The zero-order valence-electron chi connectivity index (χ0n) is 17.4. The summed E-state index contributed by atoms with van der Waals surface area (Å²) in [7, 11) is 0. The van der Waals surface area contributed by atoms with Crippen LogP contribution >= 0.6 is 11.6 Å². The number of amides is 1. The molecule has 4 aromatic rings. The van der Waals surface area contributed by atoms with Crippen molar-refractivity contribution in [2.45, 2.75) is 12.8 Å². The Morgan fingerprint density at radius 2 is 1.76 bits per heavy atom. The lowest BCUT2D eigenvalue weighted by atomic mass is 9.96. The Labute approximate surface area is 193 Å². The molecule has 1 aliphatic rings. The van der Waals surface area contributed by atoms with Crippen LogP contribution in [0.3, 0.4) is 0 Å². The average Bonchev–Trinajstić information content (AvgIpc) is 3.25. The van der Waals surface area contributed by atoms with Crippen molar-refractivity contribution in [2.24, 2.45) is 5.92 Å². The van der Waals surface area contributed by atoms with E-state index in [0.29, 0.717) is 42.4 Å². The van der Waals surface area contributed by atoms with Crippen LogP contribution in [0.5, 0.6) is 0 Å². The third kappa shape index (κ3) is 4.36. The molecule has 3 heterocycles. The van der Waals surface area contributed by atoms with Gasteiger partial charge in [0.25, 0.3) is 0 Å². The number of nitrogens with zero attached hydrogens (tertiary/aromatic N) is 5. The van der Waals surface area contributed by atoms with Crippen LogP contribution < -0.4 is 10.2 Å². The van der Waals surface area contributed by atoms with E-state index >= 15 is 0 Å². The van der Waals surface area contributed by atoms with E-state index < -0.39 is 11.6 Å². The second kappa shape index (κ2) is 8.74. The Morgan fingerprint density at radius 1 is 1.00 bits per heavy atom. The fourth-order valence-corrected chi connectivity index (χ4v) is 4.05. The molecule has 0 saturated carbocycles. The minimum absolute atomic E-state index is 0.0155. The van der Waals surface area contributed by atoms with Gasteiger partial charge in [-0.3, -0.25) is 4.79 Å². The summed E-state index contributed by atoms with van der Waals surface area (Å²) in [5, 5.41) is 16.4. The SMILES string of the molecule is O=C(Nc1ccc(F)cc1F)C1CCN(c2ccc3nnc(-c4ccc(Cl)cc4)n3n2)CC1. The first kappa shape index (κ1) is 21.3. The van der Waals surface area contributed by atoms with E-state index in [-0.39, 0.29) is 17.5 Å². The molecule has 0 radical (unpaired) electrons. The van der Waals surface area contributed by atoms with Crippen molar-refractivity contribution in [1.82, 2.24) is 19.8 Å². The number of fused-ring (bicyclic) bond motifs is 1. The van der Waals surface area contributed by atoms with E-state index in [1.54, 1.807) is 16.6 Å². The molecule has 0 spiro atoms. The van der Waals surface area contributed by atoms with Crippen LogP contribution in [-0.2, 0) is 4.79 Å². The van der Waals surface area contributed by atoms with E-state index in [0.717, 1.165) is 23.5 Å². The standard InChI is InChI=1S/C23H19ClF2N6O/c24-16-3-1-14(2-4-16)22-29-28-20-7-8-21(30-32(20)22)31-11-9-15(10-12-31)23(33)27-19-6-5-17(25)13-18(19)26/h1-8,13,15H,9-12H2,(H,27,33). The summed E-state index contributed by atoms with van der Waals surface area (Å²) in [5.41, 5.74) is 1.46. The molecule has 2 aromatic carbocycles. The zero-order chi connectivity index (χ0) is 22.9. The van der Waals surface area contributed by atoms with Crippen LogP contribution in [0.4, 0.5) is 20.3 Å². The molecule has 7 nitrogen and oxygen atoms in total. The molecule has 5 rings (SSSR count). The van der Waals surface area contributed by atoms with Crippen LogP contribution in [0.25, 0.3) is 17.0 Å². The van der Waals surface area contributed by atoms with Gasteiger partial charge in [0.15, 0.2) is 11.5 Å². The molecule has 1 saturated heterocycles. The Kier molecular flexibility index (Phi) is 5.63. The van der Waals surface area contributed by atoms with Gasteiger partial charge >= 0.3 is 0 Å². The van der Waals surface area contributed by atoms with Gasteiger partial charge in [0.2, 0.25) is 5.91 Å². The van der Waals surface area contributed by atoms with Crippen LogP contribution in [0.15, 0.2) is 54.6 Å². The average molecular weight is 469 g/mol. The Balaban J connectivity index is 1.28. The molecular formula is C23H19ClF2N6O. The van der Waals surface area contributed by atoms with Crippen LogP contribution in [0.2, 0.25) is 5.02 Å². The summed E-state index contributed by atoms with van der Waals surface area (Å²) < 4.78 is 28.6. The number of piperidine rings is 1. The van der Waals surface area contributed by atoms with E-state index in [1.807, 2.05) is 24.3 Å². The molecular weight excluding hydrogens is 450 g/mol. The minimum atomic E-state index is -0.788. The Bertz CT molecular complexity index is 1320. The van der Waals surface area contributed by atoms with Gasteiger partial charge in [0.05, 0.1) is 5.69 Å². The van der Waals surface area contributed by atoms with Crippen molar-refractivity contribution in [1.29, 1.82) is 0 Å². The third-order valence-electron chi connectivity index (χ3n) is 5.73. The summed E-state index contributed by atoms with van der Waals surface area (Å²) in [6.07, 6.45) is 1.17. The summed E-state index contributed by atoms with van der Waals surface area (Å²) in [6.45, 7) is 1.22. The number of benzene rings is 2. The molecule has 168 valence electrons. The predicted octanol–water partition coefficient (Wildman–Crippen LogP) is 4.58. The van der Waals surface area contributed by atoms with E-state index in [2.05, 4.69) is 20.4 Å². The second-order valence-electron chi connectivity index (χ2n) is 7.87. The number of hydrogen-bond acceptors (Lipinski definition) is 5. The maximum Gasteiger partial charge on any atom is 0.227 e. The number of nitrogens with one attached hydrogen (secondary N) is 1. The highest BCUT2D eigenvalue weighted by molar-refractivity contribution is 6.30. The minimum Gasteiger partial charge on any atom is -0.355 e. The first-order chi connectivity index (χ1) is 16.0. The summed E-state index contributed by atoms with van der Waals surface area (Å²) in [4.78, 5) is 14.7.